The molecule has 0 aromatic rings. The number of rotatable bonds is 2. The van der Waals surface area contributed by atoms with Gasteiger partial charge >= 0.3 is 5.97 Å². The van der Waals surface area contributed by atoms with Gasteiger partial charge in [-0.3, -0.25) is 4.79 Å². The van der Waals surface area contributed by atoms with Gasteiger partial charge < -0.3 is 10.5 Å². The van der Waals surface area contributed by atoms with Crippen molar-refractivity contribution in [1.29, 1.82) is 0 Å². The molecule has 1 fully saturated rings. The normalized spacial score (nSPS) is 29.5. The topological polar surface area (TPSA) is 52.3 Å². The van der Waals surface area contributed by atoms with E-state index in [1.807, 2.05) is 20.8 Å². The summed E-state index contributed by atoms with van der Waals surface area (Å²) in [7, 11) is 0. The zero-order valence-electron chi connectivity index (χ0n) is 10.5. The maximum atomic E-state index is 11.6. The van der Waals surface area contributed by atoms with Gasteiger partial charge in [0, 0.05) is 12.5 Å². The second-order valence-electron chi connectivity index (χ2n) is 6.15. The molecule has 0 aliphatic heterocycles. The van der Waals surface area contributed by atoms with Crippen LogP contribution in [-0.2, 0) is 9.53 Å². The standard InChI is InChI=1S/C12H23NO2/c1-11(2,3)15-10(14)7-8-6-9(13)12(8,4)5/h8-9H,6-7,13H2,1-5H3/t8-,9-/m0/s1. The van der Waals surface area contributed by atoms with Crippen molar-refractivity contribution >= 4 is 5.97 Å². The highest BCUT2D eigenvalue weighted by atomic mass is 16.6. The van der Waals surface area contributed by atoms with Crippen LogP contribution in [0.25, 0.3) is 0 Å². The predicted molar refractivity (Wildman–Crippen MR) is 60.3 cm³/mol. The number of ether oxygens (including phenoxy) is 1. The van der Waals surface area contributed by atoms with E-state index in [1.54, 1.807) is 0 Å². The number of nitrogens with two attached hydrogens (primary N) is 1. The fourth-order valence-electron chi connectivity index (χ4n) is 1.99. The molecule has 3 heteroatoms. The third-order valence-corrected chi connectivity index (χ3v) is 3.38. The number of carbonyl (C=O) groups is 1. The molecule has 3 nitrogen and oxygen atoms in total. The minimum atomic E-state index is -0.382. The first-order valence-corrected chi connectivity index (χ1v) is 5.60. The molecule has 0 aromatic heterocycles. The van der Waals surface area contributed by atoms with Crippen molar-refractivity contribution in [2.75, 3.05) is 0 Å². The zero-order chi connectivity index (χ0) is 11.9. The van der Waals surface area contributed by atoms with Crippen LogP contribution in [-0.4, -0.2) is 17.6 Å². The lowest BCUT2D eigenvalue weighted by Gasteiger charge is -2.50. The highest BCUT2D eigenvalue weighted by molar-refractivity contribution is 5.70. The third kappa shape index (κ3) is 2.94. The van der Waals surface area contributed by atoms with Crippen LogP contribution in [0.2, 0.25) is 0 Å². The van der Waals surface area contributed by atoms with E-state index in [4.69, 9.17) is 10.5 Å². The molecule has 0 radical (unpaired) electrons. The van der Waals surface area contributed by atoms with Gasteiger partial charge in [-0.25, -0.2) is 0 Å². The summed E-state index contributed by atoms with van der Waals surface area (Å²) in [5, 5.41) is 0. The molecule has 0 unspecified atom stereocenters. The van der Waals surface area contributed by atoms with E-state index < -0.39 is 0 Å². The number of hydrogen-bond donors (Lipinski definition) is 1. The minimum absolute atomic E-state index is 0.0803. The van der Waals surface area contributed by atoms with E-state index >= 15 is 0 Å². The molecule has 0 aromatic carbocycles. The first-order valence-electron chi connectivity index (χ1n) is 5.60. The van der Waals surface area contributed by atoms with Gasteiger partial charge in [-0.2, -0.15) is 0 Å². The lowest BCUT2D eigenvalue weighted by molar-refractivity contribution is -0.159. The van der Waals surface area contributed by atoms with Crippen LogP contribution in [0.5, 0.6) is 0 Å². The van der Waals surface area contributed by atoms with Crippen LogP contribution in [0.15, 0.2) is 0 Å². The summed E-state index contributed by atoms with van der Waals surface area (Å²) < 4.78 is 5.29. The monoisotopic (exact) mass is 213 g/mol. The Morgan fingerprint density at radius 1 is 1.47 bits per heavy atom. The largest absolute Gasteiger partial charge is 0.460 e. The molecule has 0 saturated heterocycles. The van der Waals surface area contributed by atoms with Crippen LogP contribution in [0.1, 0.15) is 47.5 Å². The van der Waals surface area contributed by atoms with E-state index in [0.717, 1.165) is 6.42 Å². The zero-order valence-corrected chi connectivity index (χ0v) is 10.5. The van der Waals surface area contributed by atoms with Gasteiger partial charge in [0.15, 0.2) is 0 Å². The Labute approximate surface area is 92.4 Å². The van der Waals surface area contributed by atoms with Crippen molar-refractivity contribution in [2.45, 2.75) is 59.1 Å². The lowest BCUT2D eigenvalue weighted by Crippen LogP contribution is -2.55. The Morgan fingerprint density at radius 2 is 2.00 bits per heavy atom. The van der Waals surface area contributed by atoms with Gasteiger partial charge in [0.2, 0.25) is 0 Å². The van der Waals surface area contributed by atoms with Gasteiger partial charge in [-0.15, -0.1) is 0 Å². The molecule has 88 valence electrons. The van der Waals surface area contributed by atoms with Gasteiger partial charge in [-0.1, -0.05) is 13.8 Å². The van der Waals surface area contributed by atoms with E-state index in [-0.39, 0.29) is 23.0 Å². The van der Waals surface area contributed by atoms with E-state index in [1.165, 1.54) is 0 Å². The molecule has 2 N–H and O–H groups in total. The molecule has 0 heterocycles. The van der Waals surface area contributed by atoms with Crippen molar-refractivity contribution in [2.24, 2.45) is 17.1 Å². The van der Waals surface area contributed by atoms with E-state index in [0.29, 0.717) is 12.3 Å². The molecule has 1 aliphatic rings. The summed E-state index contributed by atoms with van der Waals surface area (Å²) in [6, 6.07) is 0.227. The summed E-state index contributed by atoms with van der Waals surface area (Å²) >= 11 is 0. The summed E-state index contributed by atoms with van der Waals surface area (Å²) in [5.74, 6) is 0.273. The van der Waals surface area contributed by atoms with Crippen molar-refractivity contribution in [3.8, 4) is 0 Å². The highest BCUT2D eigenvalue weighted by Crippen LogP contribution is 2.46. The van der Waals surface area contributed by atoms with Crippen LogP contribution >= 0.6 is 0 Å². The highest BCUT2D eigenvalue weighted by Gasteiger charge is 2.46. The maximum Gasteiger partial charge on any atom is 0.306 e. The fraction of sp³-hybridized carbons (Fsp3) is 0.917. The second kappa shape index (κ2) is 3.78. The van der Waals surface area contributed by atoms with Gasteiger partial charge in [0.25, 0.3) is 0 Å². The number of esters is 1. The summed E-state index contributed by atoms with van der Waals surface area (Å²) in [6.07, 6.45) is 1.43. The van der Waals surface area contributed by atoms with Gasteiger partial charge in [0.1, 0.15) is 5.60 Å². The first kappa shape index (κ1) is 12.5. The fourth-order valence-corrected chi connectivity index (χ4v) is 1.99. The summed E-state index contributed by atoms with van der Waals surface area (Å²) in [6.45, 7) is 9.92. The van der Waals surface area contributed by atoms with E-state index in [9.17, 15) is 4.79 Å². The van der Waals surface area contributed by atoms with E-state index in [2.05, 4.69) is 13.8 Å². The molecule has 15 heavy (non-hydrogen) atoms. The lowest BCUT2D eigenvalue weighted by atomic mass is 9.58. The Hall–Kier alpha value is -0.570. The van der Waals surface area contributed by atoms with Crippen LogP contribution in [0.3, 0.4) is 0 Å². The van der Waals surface area contributed by atoms with Crippen LogP contribution < -0.4 is 5.73 Å². The maximum absolute atomic E-state index is 11.6. The molecule has 1 saturated carbocycles. The minimum Gasteiger partial charge on any atom is -0.460 e. The molecule has 2 atom stereocenters. The number of hydrogen-bond acceptors (Lipinski definition) is 3. The molecule has 1 rings (SSSR count). The van der Waals surface area contributed by atoms with Gasteiger partial charge in [-0.05, 0) is 38.5 Å². The molecule has 0 spiro atoms. The Balaban J connectivity index is 2.41. The third-order valence-electron chi connectivity index (χ3n) is 3.38. The smallest absolute Gasteiger partial charge is 0.306 e. The SMILES string of the molecule is CC(C)(C)OC(=O)C[C@@H]1C[C@H](N)C1(C)C. The molecule has 0 amide bonds. The van der Waals surface area contributed by atoms with Crippen molar-refractivity contribution in [1.82, 2.24) is 0 Å². The Bertz CT molecular complexity index is 253. The van der Waals surface area contributed by atoms with Gasteiger partial charge in [0.05, 0.1) is 0 Å². The van der Waals surface area contributed by atoms with Crippen molar-refractivity contribution in [3.05, 3.63) is 0 Å². The summed E-state index contributed by atoms with van der Waals surface area (Å²) in [4.78, 5) is 11.6. The van der Waals surface area contributed by atoms with Crippen molar-refractivity contribution in [3.63, 3.8) is 0 Å². The quantitative estimate of drug-likeness (QED) is 0.715. The molecular weight excluding hydrogens is 190 g/mol. The average Bonchev–Trinajstić information content (AvgIpc) is 2.00. The average molecular weight is 213 g/mol. The summed E-state index contributed by atoms with van der Waals surface area (Å²) in [5.41, 5.74) is 5.60. The number of carbonyl (C=O) groups excluding carboxylic acids is 1. The van der Waals surface area contributed by atoms with Crippen LogP contribution in [0, 0.1) is 11.3 Å². The Morgan fingerprint density at radius 3 is 2.33 bits per heavy atom. The molecular formula is C12H23NO2. The second-order valence-corrected chi connectivity index (χ2v) is 6.15. The predicted octanol–water partition coefficient (Wildman–Crippen LogP) is 2.09. The molecule has 1 aliphatic carbocycles. The Kier molecular flexibility index (Phi) is 3.15. The van der Waals surface area contributed by atoms with Crippen molar-refractivity contribution < 1.29 is 9.53 Å². The van der Waals surface area contributed by atoms with Crippen LogP contribution in [0.4, 0.5) is 0 Å². The first-order chi connectivity index (χ1) is 6.63. The molecule has 0 bridgehead atoms.